The van der Waals surface area contributed by atoms with Crippen LogP contribution in [0.2, 0.25) is 0 Å². The molecule has 0 radical (unpaired) electrons. The van der Waals surface area contributed by atoms with E-state index >= 15 is 0 Å². The summed E-state index contributed by atoms with van der Waals surface area (Å²) in [7, 11) is 0. The average molecular weight is 699 g/mol. The highest BCUT2D eigenvalue weighted by molar-refractivity contribution is 5.88. The summed E-state index contributed by atoms with van der Waals surface area (Å²) in [5.41, 5.74) is 11.4. The van der Waals surface area contributed by atoms with Crippen LogP contribution in [0, 0.1) is 10.8 Å². The van der Waals surface area contributed by atoms with Crippen LogP contribution in [-0.4, -0.2) is 39.6 Å². The van der Waals surface area contributed by atoms with Crippen molar-refractivity contribution in [3.8, 4) is 44.9 Å². The number of ether oxygens (including phenoxy) is 4. The largest absolute Gasteiger partial charge is 0.492 e. The summed E-state index contributed by atoms with van der Waals surface area (Å²) in [5.74, 6) is 1.79. The molecule has 2 saturated heterocycles. The lowest BCUT2D eigenvalue weighted by Crippen LogP contribution is -2.46. The van der Waals surface area contributed by atoms with E-state index in [-0.39, 0.29) is 10.8 Å². The summed E-state index contributed by atoms with van der Waals surface area (Å²) < 4.78 is 24.8. The van der Waals surface area contributed by atoms with E-state index in [1.165, 1.54) is 33.4 Å². The van der Waals surface area contributed by atoms with Crippen LogP contribution < -0.4 is 9.47 Å². The number of benzene rings is 6. The molecule has 2 fully saturated rings. The highest BCUT2D eigenvalue weighted by Gasteiger charge is 2.47. The lowest BCUT2D eigenvalue weighted by atomic mass is 9.67. The van der Waals surface area contributed by atoms with E-state index in [9.17, 15) is 0 Å². The van der Waals surface area contributed by atoms with Gasteiger partial charge in [0.05, 0.1) is 55.9 Å². The number of fused-ring (bicyclic) bond motifs is 3. The third kappa shape index (κ3) is 5.67. The fraction of sp³-hybridized carbons (Fsp3) is 0.265. The van der Waals surface area contributed by atoms with Crippen LogP contribution in [0.4, 0.5) is 0 Å². The first-order valence-corrected chi connectivity index (χ1v) is 19.1. The van der Waals surface area contributed by atoms with Crippen molar-refractivity contribution in [1.82, 2.24) is 0 Å². The molecule has 3 aliphatic rings. The van der Waals surface area contributed by atoms with E-state index in [0.29, 0.717) is 13.2 Å². The molecule has 2 heterocycles. The Morgan fingerprint density at radius 1 is 0.453 bits per heavy atom. The molecule has 266 valence electrons. The van der Waals surface area contributed by atoms with Gasteiger partial charge in [-0.3, -0.25) is 0 Å². The van der Waals surface area contributed by atoms with Crippen LogP contribution >= 0.6 is 0 Å². The SMILES string of the molecule is CCC1(COc2ccc(C3(c4ccc(OCC5(CC)COC5)c(-c5ccccc5)c4)c4ccccc4-c4ccccc43)cc2-c2ccccc2)COC1. The van der Waals surface area contributed by atoms with Gasteiger partial charge in [-0.2, -0.15) is 0 Å². The Bertz CT molecular complexity index is 2060. The summed E-state index contributed by atoms with van der Waals surface area (Å²) in [5, 5.41) is 0. The Balaban J connectivity index is 1.26. The first-order valence-electron chi connectivity index (χ1n) is 19.1. The molecule has 0 atom stereocenters. The predicted molar refractivity (Wildman–Crippen MR) is 213 cm³/mol. The summed E-state index contributed by atoms with van der Waals surface area (Å²) in [6, 6.07) is 53.0. The Hall–Kier alpha value is -5.16. The van der Waals surface area contributed by atoms with Crippen LogP contribution in [0.3, 0.4) is 0 Å². The number of hydrogen-bond donors (Lipinski definition) is 0. The quantitative estimate of drug-likeness (QED) is 0.127. The average Bonchev–Trinajstić information content (AvgIpc) is 3.49. The van der Waals surface area contributed by atoms with Gasteiger partial charge in [-0.1, -0.05) is 135 Å². The standard InChI is InChI=1S/C49H46O4/c1-3-47(29-50-30-47)33-52-45-25-23-37(27-41(45)35-15-7-5-8-16-35)49(43-21-13-11-19-39(43)40-20-12-14-22-44(40)49)38-24-26-46(53-34-48(4-2)31-51-32-48)42(28-38)36-17-9-6-10-18-36/h5-28H,3-4,29-34H2,1-2H3. The zero-order chi connectivity index (χ0) is 35.9. The van der Waals surface area contributed by atoms with Gasteiger partial charge in [0.15, 0.2) is 0 Å². The van der Waals surface area contributed by atoms with Crippen molar-refractivity contribution in [1.29, 1.82) is 0 Å². The van der Waals surface area contributed by atoms with Crippen molar-refractivity contribution in [2.75, 3.05) is 39.6 Å². The molecular formula is C49H46O4. The van der Waals surface area contributed by atoms with Gasteiger partial charge in [-0.15, -0.1) is 0 Å². The normalized spacial score (nSPS) is 17.2. The molecular weight excluding hydrogens is 653 g/mol. The zero-order valence-electron chi connectivity index (χ0n) is 30.6. The third-order valence-corrected chi connectivity index (χ3v) is 12.1. The van der Waals surface area contributed by atoms with E-state index in [2.05, 4.69) is 159 Å². The predicted octanol–water partition coefficient (Wildman–Crippen LogP) is 11.0. The minimum atomic E-state index is -0.601. The van der Waals surface area contributed by atoms with Crippen molar-refractivity contribution in [3.05, 3.63) is 168 Å². The van der Waals surface area contributed by atoms with E-state index in [4.69, 9.17) is 18.9 Å². The van der Waals surface area contributed by atoms with Crippen molar-refractivity contribution < 1.29 is 18.9 Å². The highest BCUT2D eigenvalue weighted by atomic mass is 16.5. The smallest absolute Gasteiger partial charge is 0.127 e. The lowest BCUT2D eigenvalue weighted by Gasteiger charge is -2.40. The Kier molecular flexibility index (Phi) is 8.68. The Morgan fingerprint density at radius 3 is 1.23 bits per heavy atom. The van der Waals surface area contributed by atoms with Gasteiger partial charge in [-0.05, 0) is 81.6 Å². The second kappa shape index (κ2) is 13.7. The second-order valence-electron chi connectivity index (χ2n) is 15.3. The van der Waals surface area contributed by atoms with Crippen molar-refractivity contribution >= 4 is 0 Å². The van der Waals surface area contributed by atoms with Gasteiger partial charge in [0.1, 0.15) is 11.5 Å². The molecule has 1 aliphatic carbocycles. The minimum absolute atomic E-state index is 0.0667. The summed E-state index contributed by atoms with van der Waals surface area (Å²) in [6.07, 6.45) is 2.05. The summed E-state index contributed by atoms with van der Waals surface area (Å²) in [4.78, 5) is 0. The summed E-state index contributed by atoms with van der Waals surface area (Å²) in [6.45, 7) is 8.71. The van der Waals surface area contributed by atoms with Crippen LogP contribution in [-0.2, 0) is 14.9 Å². The lowest BCUT2D eigenvalue weighted by molar-refractivity contribution is -0.133. The van der Waals surface area contributed by atoms with Gasteiger partial charge in [0.25, 0.3) is 0 Å². The van der Waals surface area contributed by atoms with Crippen LogP contribution in [0.15, 0.2) is 146 Å². The van der Waals surface area contributed by atoms with Gasteiger partial charge in [0, 0.05) is 11.1 Å². The first-order chi connectivity index (χ1) is 26.1. The molecule has 0 saturated carbocycles. The second-order valence-corrected chi connectivity index (χ2v) is 15.3. The molecule has 2 aliphatic heterocycles. The van der Waals surface area contributed by atoms with E-state index < -0.39 is 5.41 Å². The van der Waals surface area contributed by atoms with Crippen molar-refractivity contribution in [3.63, 3.8) is 0 Å². The third-order valence-electron chi connectivity index (χ3n) is 12.1. The maximum atomic E-state index is 6.75. The van der Waals surface area contributed by atoms with Gasteiger partial charge < -0.3 is 18.9 Å². The maximum absolute atomic E-state index is 6.75. The zero-order valence-corrected chi connectivity index (χ0v) is 30.6. The Labute approximate surface area is 313 Å². The van der Waals surface area contributed by atoms with Gasteiger partial charge in [-0.25, -0.2) is 0 Å². The number of hydrogen-bond acceptors (Lipinski definition) is 4. The molecule has 0 aromatic heterocycles. The summed E-state index contributed by atoms with van der Waals surface area (Å²) >= 11 is 0. The molecule has 6 aromatic carbocycles. The Morgan fingerprint density at radius 2 is 0.849 bits per heavy atom. The highest BCUT2D eigenvalue weighted by Crippen LogP contribution is 2.57. The molecule has 0 bridgehead atoms. The van der Waals surface area contributed by atoms with Crippen molar-refractivity contribution in [2.45, 2.75) is 32.1 Å². The van der Waals surface area contributed by atoms with Crippen molar-refractivity contribution in [2.24, 2.45) is 10.8 Å². The van der Waals surface area contributed by atoms with Gasteiger partial charge >= 0.3 is 0 Å². The van der Waals surface area contributed by atoms with Gasteiger partial charge in [0.2, 0.25) is 0 Å². The molecule has 0 spiro atoms. The molecule has 4 nitrogen and oxygen atoms in total. The van der Waals surface area contributed by atoms with Crippen LogP contribution in [0.5, 0.6) is 11.5 Å². The van der Waals surface area contributed by atoms with E-state index in [1.54, 1.807) is 0 Å². The minimum Gasteiger partial charge on any atom is -0.492 e. The van der Waals surface area contributed by atoms with E-state index in [1.807, 2.05) is 0 Å². The molecule has 0 N–H and O–H groups in total. The van der Waals surface area contributed by atoms with Crippen LogP contribution in [0.25, 0.3) is 33.4 Å². The molecule has 4 heteroatoms. The molecule has 9 rings (SSSR count). The molecule has 53 heavy (non-hydrogen) atoms. The van der Waals surface area contributed by atoms with E-state index in [0.717, 1.165) is 73.0 Å². The molecule has 0 unspecified atom stereocenters. The maximum Gasteiger partial charge on any atom is 0.127 e. The number of rotatable bonds is 12. The van der Waals surface area contributed by atoms with Crippen LogP contribution in [0.1, 0.15) is 48.9 Å². The molecule has 6 aromatic rings. The topological polar surface area (TPSA) is 36.9 Å². The monoisotopic (exact) mass is 698 g/mol. The fourth-order valence-corrected chi connectivity index (χ4v) is 8.51. The fourth-order valence-electron chi connectivity index (χ4n) is 8.51. The first kappa shape index (κ1) is 33.7. The molecule has 0 amide bonds.